The molecule has 0 fully saturated rings. The standard InChI is InChI=1S/C17H16N2O2/c1-11-3-5-13(6-4-11)17-14(10-16(20)21)19-8-7-12(2)9-15(19)18-17/h3-9H,10H2,1-2H3,(H,20,21). The van der Waals surface area contributed by atoms with Crippen molar-refractivity contribution in [1.82, 2.24) is 9.38 Å². The highest BCUT2D eigenvalue weighted by Gasteiger charge is 2.16. The van der Waals surface area contributed by atoms with E-state index in [2.05, 4.69) is 4.98 Å². The molecule has 0 bridgehead atoms. The van der Waals surface area contributed by atoms with Crippen molar-refractivity contribution >= 4 is 11.6 Å². The Bertz CT molecular complexity index is 817. The van der Waals surface area contributed by atoms with E-state index in [0.717, 1.165) is 28.0 Å². The molecule has 2 heterocycles. The third kappa shape index (κ3) is 2.52. The van der Waals surface area contributed by atoms with Gasteiger partial charge in [0.2, 0.25) is 0 Å². The predicted molar refractivity (Wildman–Crippen MR) is 81.4 cm³/mol. The van der Waals surface area contributed by atoms with Gasteiger partial charge in [-0.25, -0.2) is 4.98 Å². The summed E-state index contributed by atoms with van der Waals surface area (Å²) < 4.78 is 1.86. The van der Waals surface area contributed by atoms with Crippen molar-refractivity contribution in [2.45, 2.75) is 20.3 Å². The van der Waals surface area contributed by atoms with E-state index in [9.17, 15) is 9.90 Å². The number of carboxylic acid groups (broad SMARTS) is 1. The summed E-state index contributed by atoms with van der Waals surface area (Å²) in [6.45, 7) is 4.02. The molecule has 0 amide bonds. The molecule has 0 spiro atoms. The first-order chi connectivity index (χ1) is 10.0. The molecule has 0 saturated carbocycles. The fraction of sp³-hybridized carbons (Fsp3) is 0.176. The number of fused-ring (bicyclic) bond motifs is 1. The molecule has 0 saturated heterocycles. The lowest BCUT2D eigenvalue weighted by atomic mass is 10.1. The highest BCUT2D eigenvalue weighted by Crippen LogP contribution is 2.25. The SMILES string of the molecule is Cc1ccc(-c2nc3cc(C)ccn3c2CC(=O)O)cc1. The van der Waals surface area contributed by atoms with Gasteiger partial charge in [0.1, 0.15) is 5.65 Å². The number of aliphatic carboxylic acids is 1. The van der Waals surface area contributed by atoms with E-state index in [1.807, 2.05) is 60.8 Å². The maximum absolute atomic E-state index is 11.2. The fourth-order valence-electron chi connectivity index (χ4n) is 2.45. The molecule has 1 N–H and O–H groups in total. The van der Waals surface area contributed by atoms with E-state index < -0.39 is 5.97 Å². The number of imidazole rings is 1. The van der Waals surface area contributed by atoms with Gasteiger partial charge < -0.3 is 9.51 Å². The molecule has 0 unspecified atom stereocenters. The number of aryl methyl sites for hydroxylation is 2. The van der Waals surface area contributed by atoms with Crippen LogP contribution in [0.5, 0.6) is 0 Å². The Kier molecular flexibility index (Phi) is 3.22. The maximum atomic E-state index is 11.2. The van der Waals surface area contributed by atoms with Crippen LogP contribution in [0.1, 0.15) is 16.8 Å². The molecule has 3 aromatic rings. The van der Waals surface area contributed by atoms with Gasteiger partial charge in [-0.15, -0.1) is 0 Å². The highest BCUT2D eigenvalue weighted by atomic mass is 16.4. The van der Waals surface area contributed by atoms with Crippen LogP contribution in [0.4, 0.5) is 0 Å². The van der Waals surface area contributed by atoms with Crippen molar-refractivity contribution in [3.8, 4) is 11.3 Å². The minimum absolute atomic E-state index is 0.0482. The molecule has 4 nitrogen and oxygen atoms in total. The van der Waals surface area contributed by atoms with E-state index in [-0.39, 0.29) is 6.42 Å². The number of carbonyl (C=O) groups is 1. The van der Waals surface area contributed by atoms with Crippen LogP contribution in [0, 0.1) is 13.8 Å². The third-order valence-corrected chi connectivity index (χ3v) is 3.52. The van der Waals surface area contributed by atoms with Crippen molar-refractivity contribution in [2.24, 2.45) is 0 Å². The molecule has 106 valence electrons. The quantitative estimate of drug-likeness (QED) is 0.801. The average molecular weight is 280 g/mol. The molecule has 21 heavy (non-hydrogen) atoms. The van der Waals surface area contributed by atoms with Gasteiger partial charge in [-0.05, 0) is 31.5 Å². The number of hydrogen-bond acceptors (Lipinski definition) is 2. The topological polar surface area (TPSA) is 54.6 Å². The van der Waals surface area contributed by atoms with Crippen LogP contribution in [-0.2, 0) is 11.2 Å². The summed E-state index contributed by atoms with van der Waals surface area (Å²) in [4.78, 5) is 15.8. The number of rotatable bonds is 3. The Labute approximate surface area is 122 Å². The molecule has 0 aliphatic carbocycles. The van der Waals surface area contributed by atoms with Crippen LogP contribution in [0.2, 0.25) is 0 Å². The second-order valence-corrected chi connectivity index (χ2v) is 5.28. The van der Waals surface area contributed by atoms with E-state index in [1.54, 1.807) is 0 Å². The Hall–Kier alpha value is -2.62. The second kappa shape index (κ2) is 5.05. The van der Waals surface area contributed by atoms with Crippen molar-refractivity contribution in [3.63, 3.8) is 0 Å². The molecule has 2 aromatic heterocycles. The van der Waals surface area contributed by atoms with Gasteiger partial charge in [0.05, 0.1) is 17.8 Å². The summed E-state index contributed by atoms with van der Waals surface area (Å²) in [5.74, 6) is -0.856. The van der Waals surface area contributed by atoms with Gasteiger partial charge in [0.25, 0.3) is 0 Å². The highest BCUT2D eigenvalue weighted by molar-refractivity contribution is 5.76. The molecular weight excluding hydrogens is 264 g/mol. The second-order valence-electron chi connectivity index (χ2n) is 5.28. The average Bonchev–Trinajstić information content (AvgIpc) is 2.77. The molecule has 3 rings (SSSR count). The Morgan fingerprint density at radius 3 is 2.52 bits per heavy atom. The smallest absolute Gasteiger partial charge is 0.309 e. The predicted octanol–water partition coefficient (Wildman–Crippen LogP) is 3.25. The van der Waals surface area contributed by atoms with Gasteiger partial charge in [0, 0.05) is 11.8 Å². The van der Waals surface area contributed by atoms with Crippen LogP contribution < -0.4 is 0 Å². The van der Waals surface area contributed by atoms with Gasteiger partial charge in [-0.3, -0.25) is 4.79 Å². The zero-order valence-corrected chi connectivity index (χ0v) is 12.0. The molecule has 1 aromatic carbocycles. The van der Waals surface area contributed by atoms with E-state index in [0.29, 0.717) is 5.69 Å². The largest absolute Gasteiger partial charge is 0.481 e. The summed E-state index contributed by atoms with van der Waals surface area (Å²) in [5.41, 5.74) is 5.44. The Morgan fingerprint density at radius 1 is 1.14 bits per heavy atom. The molecule has 0 atom stereocenters. The minimum atomic E-state index is -0.856. The monoisotopic (exact) mass is 280 g/mol. The minimum Gasteiger partial charge on any atom is -0.481 e. The number of pyridine rings is 1. The lowest BCUT2D eigenvalue weighted by Gasteiger charge is -2.03. The third-order valence-electron chi connectivity index (χ3n) is 3.52. The molecule has 0 radical (unpaired) electrons. The zero-order valence-electron chi connectivity index (χ0n) is 12.0. The number of hydrogen-bond donors (Lipinski definition) is 1. The molecule has 4 heteroatoms. The van der Waals surface area contributed by atoms with Crippen LogP contribution in [0.15, 0.2) is 42.6 Å². The van der Waals surface area contributed by atoms with Crippen LogP contribution in [0.3, 0.4) is 0 Å². The number of aromatic nitrogens is 2. The Morgan fingerprint density at radius 2 is 1.86 bits per heavy atom. The fourth-order valence-corrected chi connectivity index (χ4v) is 2.45. The van der Waals surface area contributed by atoms with Gasteiger partial charge >= 0.3 is 5.97 Å². The van der Waals surface area contributed by atoms with Gasteiger partial charge in [0.15, 0.2) is 0 Å². The van der Waals surface area contributed by atoms with Crippen molar-refractivity contribution < 1.29 is 9.90 Å². The van der Waals surface area contributed by atoms with Crippen molar-refractivity contribution in [2.75, 3.05) is 0 Å². The molecular formula is C17H16N2O2. The maximum Gasteiger partial charge on any atom is 0.309 e. The lowest BCUT2D eigenvalue weighted by molar-refractivity contribution is -0.136. The molecule has 0 aliphatic rings. The summed E-state index contributed by atoms with van der Waals surface area (Å²) in [7, 11) is 0. The zero-order chi connectivity index (χ0) is 15.0. The van der Waals surface area contributed by atoms with Crippen LogP contribution in [-0.4, -0.2) is 20.5 Å². The van der Waals surface area contributed by atoms with Gasteiger partial charge in [-0.2, -0.15) is 0 Å². The number of carboxylic acids is 1. The number of benzene rings is 1. The number of nitrogens with zero attached hydrogens (tertiary/aromatic N) is 2. The summed E-state index contributed by atoms with van der Waals surface area (Å²) in [6.07, 6.45) is 1.83. The first-order valence-electron chi connectivity index (χ1n) is 6.81. The Balaban J connectivity index is 2.24. The summed E-state index contributed by atoms with van der Waals surface area (Å²) >= 11 is 0. The molecule has 0 aliphatic heterocycles. The first kappa shape index (κ1) is 13.4. The van der Waals surface area contributed by atoms with Crippen LogP contribution in [0.25, 0.3) is 16.9 Å². The van der Waals surface area contributed by atoms with E-state index in [4.69, 9.17) is 0 Å². The lowest BCUT2D eigenvalue weighted by Crippen LogP contribution is -2.04. The first-order valence-corrected chi connectivity index (χ1v) is 6.81. The van der Waals surface area contributed by atoms with Crippen molar-refractivity contribution in [3.05, 3.63) is 59.4 Å². The van der Waals surface area contributed by atoms with E-state index in [1.165, 1.54) is 0 Å². The summed E-state index contributed by atoms with van der Waals surface area (Å²) in [6, 6.07) is 11.9. The van der Waals surface area contributed by atoms with Crippen molar-refractivity contribution in [1.29, 1.82) is 0 Å². The van der Waals surface area contributed by atoms with Gasteiger partial charge in [-0.1, -0.05) is 29.8 Å². The van der Waals surface area contributed by atoms with Crippen LogP contribution >= 0.6 is 0 Å². The normalized spacial score (nSPS) is 11.0. The van der Waals surface area contributed by atoms with E-state index >= 15 is 0 Å². The summed E-state index contributed by atoms with van der Waals surface area (Å²) in [5, 5.41) is 9.17.